The highest BCUT2D eigenvalue weighted by Crippen LogP contribution is 2.34. The lowest BCUT2D eigenvalue weighted by Crippen LogP contribution is -2.19. The van der Waals surface area contributed by atoms with Crippen LogP contribution in [0.3, 0.4) is 0 Å². The lowest BCUT2D eigenvalue weighted by Gasteiger charge is -2.17. The molecule has 5 heteroatoms. The fourth-order valence-corrected chi connectivity index (χ4v) is 2.58. The Morgan fingerprint density at radius 3 is 2.82 bits per heavy atom. The number of rotatable bonds is 5. The van der Waals surface area contributed by atoms with Crippen LogP contribution in [0, 0.1) is 5.92 Å². The zero-order valence-electron chi connectivity index (χ0n) is 13.0. The molecule has 3 rings (SSSR count). The van der Waals surface area contributed by atoms with Crippen LogP contribution in [0.1, 0.15) is 36.3 Å². The quantitative estimate of drug-likeness (QED) is 0.796. The van der Waals surface area contributed by atoms with Crippen LogP contribution >= 0.6 is 0 Å². The lowest BCUT2D eigenvalue weighted by molar-refractivity contribution is 0.103. The van der Waals surface area contributed by atoms with E-state index >= 15 is 0 Å². The predicted molar refractivity (Wildman–Crippen MR) is 85.6 cm³/mol. The molecule has 0 unspecified atom stereocenters. The summed E-state index contributed by atoms with van der Waals surface area (Å²) in [5, 5.41) is 8.36. The van der Waals surface area contributed by atoms with Gasteiger partial charge < -0.3 is 4.90 Å². The van der Waals surface area contributed by atoms with E-state index in [4.69, 9.17) is 0 Å². The minimum atomic E-state index is -0.0113. The van der Waals surface area contributed by atoms with E-state index in [2.05, 4.69) is 30.7 Å². The maximum absolute atomic E-state index is 12.2. The van der Waals surface area contributed by atoms with E-state index in [1.54, 1.807) is 0 Å². The van der Waals surface area contributed by atoms with Gasteiger partial charge in [-0.1, -0.05) is 37.8 Å². The number of ketones is 1. The number of fused-ring (bicyclic) bond motifs is 1. The lowest BCUT2D eigenvalue weighted by atomic mass is 10.1. The van der Waals surface area contributed by atoms with Crippen LogP contribution in [0.2, 0.25) is 0 Å². The van der Waals surface area contributed by atoms with Gasteiger partial charge in [0.1, 0.15) is 5.69 Å². The van der Waals surface area contributed by atoms with E-state index in [1.165, 1.54) is 0 Å². The molecule has 2 heterocycles. The number of carbonyl (C=O) groups is 1. The molecule has 1 aliphatic heterocycles. The van der Waals surface area contributed by atoms with Gasteiger partial charge in [0.05, 0.1) is 24.1 Å². The molecule has 1 aromatic heterocycles. The van der Waals surface area contributed by atoms with Crippen molar-refractivity contribution in [2.24, 2.45) is 5.92 Å². The molecule has 114 valence electrons. The number of para-hydroxylation sites is 1. The third-order valence-corrected chi connectivity index (χ3v) is 3.87. The van der Waals surface area contributed by atoms with Crippen molar-refractivity contribution in [1.29, 1.82) is 0 Å². The Morgan fingerprint density at radius 2 is 2.05 bits per heavy atom. The molecule has 0 aliphatic carbocycles. The Morgan fingerprint density at radius 1 is 1.27 bits per heavy atom. The number of allylic oxidation sites excluding steroid dienone is 1. The molecule has 2 aromatic rings. The van der Waals surface area contributed by atoms with Gasteiger partial charge in [-0.2, -0.15) is 0 Å². The smallest absolute Gasteiger partial charge is 0.210 e. The first kappa shape index (κ1) is 14.5. The first-order chi connectivity index (χ1) is 10.6. The predicted octanol–water partition coefficient (Wildman–Crippen LogP) is 3.04. The summed E-state index contributed by atoms with van der Waals surface area (Å²) in [5.41, 5.74) is 2.95. The first-order valence-corrected chi connectivity index (χ1v) is 7.55. The van der Waals surface area contributed by atoms with Crippen molar-refractivity contribution in [2.45, 2.75) is 33.4 Å². The summed E-state index contributed by atoms with van der Waals surface area (Å²) >= 11 is 0. The number of aromatic nitrogens is 3. The maximum atomic E-state index is 12.2. The molecule has 22 heavy (non-hydrogen) atoms. The van der Waals surface area contributed by atoms with Gasteiger partial charge in [0.25, 0.3) is 0 Å². The third-order valence-electron chi connectivity index (χ3n) is 3.87. The van der Waals surface area contributed by atoms with E-state index in [1.807, 2.05) is 40.0 Å². The monoisotopic (exact) mass is 296 g/mol. The van der Waals surface area contributed by atoms with Crippen molar-refractivity contribution >= 4 is 11.5 Å². The van der Waals surface area contributed by atoms with E-state index in [0.29, 0.717) is 23.7 Å². The highest BCUT2D eigenvalue weighted by atomic mass is 16.1. The van der Waals surface area contributed by atoms with Gasteiger partial charge in [0.2, 0.25) is 5.78 Å². The van der Waals surface area contributed by atoms with Gasteiger partial charge in [-0.15, -0.1) is 5.10 Å². The molecule has 0 N–H and O–H groups in total. The van der Waals surface area contributed by atoms with Crippen molar-refractivity contribution < 1.29 is 4.79 Å². The highest BCUT2D eigenvalue weighted by Gasteiger charge is 2.30. The van der Waals surface area contributed by atoms with Crippen LogP contribution in [-0.4, -0.2) is 20.8 Å². The van der Waals surface area contributed by atoms with Crippen molar-refractivity contribution in [1.82, 2.24) is 15.0 Å². The Balaban J connectivity index is 1.76. The molecule has 1 aromatic carbocycles. The Hall–Kier alpha value is -2.43. The van der Waals surface area contributed by atoms with E-state index in [-0.39, 0.29) is 5.78 Å². The van der Waals surface area contributed by atoms with Crippen molar-refractivity contribution in [3.8, 4) is 0 Å². The second kappa shape index (κ2) is 5.75. The number of carbonyl (C=O) groups excluding carboxylic acids is 1. The van der Waals surface area contributed by atoms with Crippen LogP contribution in [0.25, 0.3) is 0 Å². The Kier molecular flexibility index (Phi) is 3.79. The number of hydrogen-bond acceptors (Lipinski definition) is 4. The summed E-state index contributed by atoms with van der Waals surface area (Å²) in [5.74, 6) is 0.623. The summed E-state index contributed by atoms with van der Waals surface area (Å²) in [7, 11) is 0. The molecule has 0 radical (unpaired) electrons. The minimum Gasteiger partial charge on any atom is -0.332 e. The molecular formula is C17H20N4O. The van der Waals surface area contributed by atoms with Crippen molar-refractivity contribution in [3.05, 3.63) is 54.0 Å². The molecule has 0 bridgehead atoms. The standard InChI is InChI=1S/C17H20N4O/c1-12(2)8-9-20-10-14(18-19-20)11-21-13(3)17(22)15-6-4-5-7-16(15)21/h4-7,10,12H,3,8-9,11H2,1-2H3. The summed E-state index contributed by atoms with van der Waals surface area (Å²) in [6, 6.07) is 7.57. The highest BCUT2D eigenvalue weighted by molar-refractivity contribution is 6.18. The number of nitrogens with zero attached hydrogens (tertiary/aromatic N) is 4. The molecule has 0 amide bonds. The fourth-order valence-electron chi connectivity index (χ4n) is 2.58. The van der Waals surface area contributed by atoms with Gasteiger partial charge in [0, 0.05) is 12.1 Å². The molecule has 0 saturated carbocycles. The van der Waals surface area contributed by atoms with Gasteiger partial charge in [0.15, 0.2) is 0 Å². The first-order valence-electron chi connectivity index (χ1n) is 7.55. The van der Waals surface area contributed by atoms with Gasteiger partial charge in [-0.05, 0) is 24.5 Å². The molecule has 0 atom stereocenters. The van der Waals surface area contributed by atoms with Crippen LogP contribution in [0.5, 0.6) is 0 Å². The summed E-state index contributed by atoms with van der Waals surface area (Å²) in [6.07, 6.45) is 3.02. The number of benzene rings is 1. The zero-order chi connectivity index (χ0) is 15.7. The van der Waals surface area contributed by atoms with Gasteiger partial charge in [-0.25, -0.2) is 0 Å². The van der Waals surface area contributed by atoms with Crippen molar-refractivity contribution in [3.63, 3.8) is 0 Å². The van der Waals surface area contributed by atoms with Crippen molar-refractivity contribution in [2.75, 3.05) is 4.90 Å². The molecule has 0 saturated heterocycles. The average molecular weight is 296 g/mol. The largest absolute Gasteiger partial charge is 0.332 e. The average Bonchev–Trinajstić information content (AvgIpc) is 3.05. The second-order valence-electron chi connectivity index (χ2n) is 6.03. The number of anilines is 1. The molecule has 0 spiro atoms. The van der Waals surface area contributed by atoms with E-state index in [9.17, 15) is 4.79 Å². The molecule has 0 fully saturated rings. The molecular weight excluding hydrogens is 276 g/mol. The Bertz CT molecular complexity index is 717. The van der Waals surface area contributed by atoms with Crippen LogP contribution in [-0.2, 0) is 13.1 Å². The van der Waals surface area contributed by atoms with Crippen LogP contribution < -0.4 is 4.90 Å². The maximum Gasteiger partial charge on any atom is 0.210 e. The second-order valence-corrected chi connectivity index (χ2v) is 6.03. The van der Waals surface area contributed by atoms with Gasteiger partial charge >= 0.3 is 0 Å². The normalized spacial score (nSPS) is 14.0. The summed E-state index contributed by atoms with van der Waals surface area (Å²) < 4.78 is 1.86. The van der Waals surface area contributed by atoms with Gasteiger partial charge in [-0.3, -0.25) is 9.48 Å². The number of aryl methyl sites for hydroxylation is 1. The van der Waals surface area contributed by atoms with Crippen LogP contribution in [0.15, 0.2) is 42.7 Å². The van der Waals surface area contributed by atoms with E-state index < -0.39 is 0 Å². The Labute approximate surface area is 130 Å². The van der Waals surface area contributed by atoms with E-state index in [0.717, 1.165) is 24.3 Å². The molecule has 1 aliphatic rings. The fraction of sp³-hybridized carbons (Fsp3) is 0.353. The van der Waals surface area contributed by atoms with Crippen LogP contribution in [0.4, 0.5) is 5.69 Å². The molecule has 5 nitrogen and oxygen atoms in total. The SMILES string of the molecule is C=C1C(=O)c2ccccc2N1Cc1cn(CCC(C)C)nn1. The summed E-state index contributed by atoms with van der Waals surface area (Å²) in [6.45, 7) is 9.67. The third kappa shape index (κ3) is 2.66. The number of hydrogen-bond donors (Lipinski definition) is 0. The number of Topliss-reactive ketones (excluding diaryl/α,β-unsaturated/α-hetero) is 1. The minimum absolute atomic E-state index is 0.0113. The topological polar surface area (TPSA) is 51.0 Å². The summed E-state index contributed by atoms with van der Waals surface area (Å²) in [4.78, 5) is 14.1. The zero-order valence-corrected chi connectivity index (χ0v) is 13.0.